The van der Waals surface area contributed by atoms with E-state index in [4.69, 9.17) is 61.3 Å². The van der Waals surface area contributed by atoms with Gasteiger partial charge in [-0.05, 0) is 0 Å². The number of aliphatic carboxylic acids is 4. The van der Waals surface area contributed by atoms with E-state index in [9.17, 15) is 39.6 Å². The molecule has 0 aliphatic heterocycles. The van der Waals surface area contributed by atoms with E-state index >= 15 is 0 Å². The van der Waals surface area contributed by atoms with Gasteiger partial charge in [0.1, 0.15) is 48.8 Å². The molecule has 0 spiro atoms. The van der Waals surface area contributed by atoms with Crippen molar-refractivity contribution in [2.45, 2.75) is 48.8 Å². The van der Waals surface area contributed by atoms with Crippen LogP contribution in [0.15, 0.2) is 0 Å². The summed E-state index contributed by atoms with van der Waals surface area (Å²) in [5.41, 5.74) is 0. The van der Waals surface area contributed by atoms with E-state index in [0.29, 0.717) is 0 Å². The third kappa shape index (κ3) is 24.7. The number of hydrogen-bond acceptors (Lipinski definition) is 20. The molecule has 37 heavy (non-hydrogen) atoms. The van der Waals surface area contributed by atoms with E-state index in [1.165, 1.54) is 0 Å². The van der Waals surface area contributed by atoms with Gasteiger partial charge in [0.2, 0.25) is 0 Å². The predicted octanol–water partition coefficient (Wildman–Crippen LogP) is -14.6. The van der Waals surface area contributed by atoms with E-state index in [-0.39, 0.29) is 37.7 Å². The summed E-state index contributed by atoms with van der Waals surface area (Å²) in [5, 5.41) is 138. The van der Waals surface area contributed by atoms with E-state index < -0.39 is 99.1 Å². The van der Waals surface area contributed by atoms with Gasteiger partial charge >= 0.3 is 37.7 Å². The number of carbonyl (C=O) groups is 4. The van der Waals surface area contributed by atoms with Crippen LogP contribution in [0.4, 0.5) is 0 Å². The first-order valence-corrected chi connectivity index (χ1v) is 9.08. The van der Waals surface area contributed by atoms with E-state index in [1.807, 2.05) is 0 Å². The number of rotatable bonds is 12. The molecule has 0 rings (SSSR count). The van der Waals surface area contributed by atoms with Gasteiger partial charge in [-0.3, -0.25) is 0 Å². The first-order valence-electron chi connectivity index (χ1n) is 9.08. The fraction of sp³-hybridized carbons (Fsp3) is 0.750. The monoisotopic (exact) mass is 580 g/mol. The summed E-state index contributed by atoms with van der Waals surface area (Å²) < 4.78 is 0. The predicted molar refractivity (Wildman–Crippen MR) is 102 cm³/mol. The first-order chi connectivity index (χ1) is 16.4. The Bertz CT molecular complexity index is 515. The summed E-state index contributed by atoms with van der Waals surface area (Å²) >= 11 is 0. The van der Waals surface area contributed by atoms with Gasteiger partial charge in [-0.15, -0.1) is 0 Å². The molecular formula is C16H28CaO20-2. The average molecular weight is 580 g/mol. The van der Waals surface area contributed by atoms with Gasteiger partial charge in [0, 0.05) is 0 Å². The van der Waals surface area contributed by atoms with Crippen LogP contribution >= 0.6 is 0 Å². The third-order valence-electron chi connectivity index (χ3n) is 3.17. The Morgan fingerprint density at radius 1 is 0.405 bits per heavy atom. The Labute approximate surface area is 237 Å². The van der Waals surface area contributed by atoms with Crippen molar-refractivity contribution in [2.24, 2.45) is 0 Å². The molecule has 0 aromatic carbocycles. The molecule has 21 heteroatoms. The summed E-state index contributed by atoms with van der Waals surface area (Å²) in [7, 11) is 0. The fourth-order valence-electron chi connectivity index (χ4n) is 1.03. The summed E-state index contributed by atoms with van der Waals surface area (Å²) in [6.07, 6.45) is -14.6. The van der Waals surface area contributed by atoms with Crippen LogP contribution in [0, 0.1) is 0 Å². The maximum Gasteiger partial charge on any atom is 2.00 e. The maximum absolute atomic E-state index is 9.67. The van der Waals surface area contributed by atoms with E-state index in [0.717, 1.165) is 0 Å². The van der Waals surface area contributed by atoms with Gasteiger partial charge in [0.15, 0.2) is 0 Å². The van der Waals surface area contributed by atoms with Gasteiger partial charge < -0.3 is 101 Å². The fourth-order valence-corrected chi connectivity index (χ4v) is 1.03. The van der Waals surface area contributed by atoms with Crippen molar-refractivity contribution < 1.29 is 101 Å². The summed E-state index contributed by atoms with van der Waals surface area (Å²) in [5.74, 6) is -7.18. The molecule has 0 radical (unpaired) electrons. The zero-order chi connectivity index (χ0) is 29.8. The number of carboxylic acid groups (broad SMARTS) is 4. The molecule has 0 unspecified atom stereocenters. The van der Waals surface area contributed by atoms with Crippen LogP contribution in [-0.2, 0) is 19.2 Å². The standard InChI is InChI=1S/4C4H8O5.Ca/c4*5-1-2(6)3(7)4(8)9;/h4*2-3,5-7H,1H2,(H,8,9);/q;;;;+2/p-4/t4*2-,3+;/m0000./s1. The molecule has 0 aromatic heterocycles. The molecule has 216 valence electrons. The number of carbonyl (C=O) groups excluding carboxylic acids is 4. The van der Waals surface area contributed by atoms with Gasteiger partial charge in [-0.1, -0.05) is 0 Å². The number of aliphatic hydroxyl groups is 12. The van der Waals surface area contributed by atoms with Gasteiger partial charge in [0.05, 0.1) is 50.3 Å². The second kappa shape index (κ2) is 26.3. The molecule has 0 saturated carbocycles. The second-order valence-corrected chi connectivity index (χ2v) is 6.06. The minimum absolute atomic E-state index is 0. The van der Waals surface area contributed by atoms with E-state index in [2.05, 4.69) is 0 Å². The van der Waals surface area contributed by atoms with Crippen LogP contribution in [0.3, 0.4) is 0 Å². The van der Waals surface area contributed by atoms with Gasteiger partial charge in [-0.25, -0.2) is 0 Å². The average Bonchev–Trinajstić information content (AvgIpc) is 2.85. The van der Waals surface area contributed by atoms with Crippen LogP contribution in [0.2, 0.25) is 0 Å². The van der Waals surface area contributed by atoms with Crippen molar-refractivity contribution in [1.82, 2.24) is 0 Å². The van der Waals surface area contributed by atoms with Crippen LogP contribution in [0.25, 0.3) is 0 Å². The van der Waals surface area contributed by atoms with Gasteiger partial charge in [-0.2, -0.15) is 0 Å². The molecule has 0 saturated heterocycles. The van der Waals surface area contributed by atoms with Crippen molar-refractivity contribution in [2.75, 3.05) is 26.4 Å². The van der Waals surface area contributed by atoms with E-state index in [1.54, 1.807) is 0 Å². The molecule has 0 amide bonds. The normalized spacial score (nSPS) is 16.3. The second-order valence-electron chi connectivity index (χ2n) is 6.06. The Hall–Kier alpha value is -1.34. The zero-order valence-electron chi connectivity index (χ0n) is 18.8. The molecule has 0 aromatic rings. The third-order valence-corrected chi connectivity index (χ3v) is 3.17. The zero-order valence-corrected chi connectivity index (χ0v) is 21.0. The Morgan fingerprint density at radius 3 is 0.541 bits per heavy atom. The Balaban J connectivity index is -0.000000122. The summed E-state index contributed by atoms with van der Waals surface area (Å²) in [6.45, 7) is -3.19. The van der Waals surface area contributed by atoms with Crippen molar-refractivity contribution in [3.05, 3.63) is 0 Å². The molecule has 0 heterocycles. The molecule has 0 aliphatic rings. The van der Waals surface area contributed by atoms with Crippen molar-refractivity contribution in [3.8, 4) is 0 Å². The molecule has 8 atom stereocenters. The van der Waals surface area contributed by atoms with Crippen molar-refractivity contribution in [1.29, 1.82) is 0 Å². The van der Waals surface area contributed by atoms with Gasteiger partial charge in [0.25, 0.3) is 0 Å². The molecular weight excluding hydrogens is 552 g/mol. The SMILES string of the molecule is O=C([O-])[C@H](O)[C@@H](O)CO.O=C([O-])[C@H](O)[C@@H](O)CO.O=C([O-])[C@H](O)[C@@H](O)CO.O=C([O-])[C@H](O)[C@@H](O)CO.[Ca+2]. The number of aliphatic hydroxyl groups excluding tert-OH is 12. The molecule has 0 aliphatic carbocycles. The molecule has 12 N–H and O–H groups in total. The largest absolute Gasteiger partial charge is 2.00 e. The summed E-state index contributed by atoms with van der Waals surface area (Å²) in [4.78, 5) is 38.7. The van der Waals surface area contributed by atoms with Crippen LogP contribution in [-0.4, -0.2) is 198 Å². The minimum Gasteiger partial charge on any atom is -0.547 e. The smallest absolute Gasteiger partial charge is 0.547 e. The number of hydrogen-bond donors (Lipinski definition) is 12. The van der Waals surface area contributed by atoms with Crippen molar-refractivity contribution >= 4 is 61.6 Å². The minimum atomic E-state index is -2.00. The molecule has 0 fully saturated rings. The van der Waals surface area contributed by atoms with Crippen LogP contribution in [0.1, 0.15) is 0 Å². The van der Waals surface area contributed by atoms with Crippen LogP contribution in [0.5, 0.6) is 0 Å². The van der Waals surface area contributed by atoms with Crippen LogP contribution < -0.4 is 20.4 Å². The summed E-state index contributed by atoms with van der Waals surface area (Å²) in [6, 6.07) is 0. The topological polar surface area (TPSA) is 403 Å². The maximum atomic E-state index is 9.67. The molecule has 20 nitrogen and oxygen atoms in total. The first kappa shape index (κ1) is 45.6. The number of carboxylic acids is 4. The quantitative estimate of drug-likeness (QED) is 0.0952. The Morgan fingerprint density at radius 2 is 0.514 bits per heavy atom. The Kier molecular flexibility index (Phi) is 32.4. The van der Waals surface area contributed by atoms with Crippen molar-refractivity contribution in [3.63, 3.8) is 0 Å². The molecule has 0 bridgehead atoms.